The van der Waals surface area contributed by atoms with E-state index in [0.717, 1.165) is 12.1 Å². The first-order chi connectivity index (χ1) is 14.7. The second kappa shape index (κ2) is 6.30. The lowest BCUT2D eigenvalue weighted by molar-refractivity contribution is -0.274. The number of ether oxygens (including phenoxy) is 1. The van der Waals surface area contributed by atoms with Gasteiger partial charge in [0.1, 0.15) is 22.8 Å². The van der Waals surface area contributed by atoms with E-state index in [2.05, 4.69) is 20.5 Å². The number of carbonyl (C=O) groups is 2. The number of aromatic nitrogens is 2. The van der Waals surface area contributed by atoms with Crippen molar-refractivity contribution in [3.05, 3.63) is 65.6 Å². The number of amides is 2. The van der Waals surface area contributed by atoms with E-state index in [9.17, 15) is 27.2 Å². The van der Waals surface area contributed by atoms with Crippen LogP contribution in [0.3, 0.4) is 0 Å². The second-order valence-electron chi connectivity index (χ2n) is 7.13. The highest BCUT2D eigenvalue weighted by atomic mass is 19.4. The van der Waals surface area contributed by atoms with Gasteiger partial charge in [-0.1, -0.05) is 6.07 Å². The first-order valence-corrected chi connectivity index (χ1v) is 9.03. The lowest BCUT2D eigenvalue weighted by Crippen LogP contribution is -2.43. The average Bonchev–Trinajstić information content (AvgIpc) is 3.21. The zero-order valence-electron chi connectivity index (χ0n) is 15.5. The number of anilines is 2. The number of alkyl halides is 3. The molecule has 31 heavy (non-hydrogen) atoms. The quantitative estimate of drug-likeness (QED) is 0.608. The molecule has 2 N–H and O–H groups in total. The third-order valence-electron chi connectivity index (χ3n) is 5.30. The van der Waals surface area contributed by atoms with E-state index in [-0.39, 0.29) is 17.9 Å². The largest absolute Gasteiger partial charge is 0.573 e. The van der Waals surface area contributed by atoms with Gasteiger partial charge in [-0.25, -0.2) is 9.07 Å². The molecule has 0 saturated carbocycles. The van der Waals surface area contributed by atoms with Crippen LogP contribution in [0.4, 0.5) is 29.1 Å². The SMILES string of the molecule is O=C1CC2(C(=O)Nc3cc(F)ccc32)c2cnn(-c3ccc(OC(F)(F)F)cc3)c2N1. The summed E-state index contributed by atoms with van der Waals surface area (Å²) in [5.74, 6) is -1.69. The number of benzene rings is 2. The molecule has 1 unspecified atom stereocenters. The Labute approximate surface area is 171 Å². The summed E-state index contributed by atoms with van der Waals surface area (Å²) in [6.45, 7) is 0. The van der Waals surface area contributed by atoms with Gasteiger partial charge < -0.3 is 15.4 Å². The molecule has 0 saturated heterocycles. The lowest BCUT2D eigenvalue weighted by atomic mass is 9.72. The fourth-order valence-electron chi connectivity index (χ4n) is 4.06. The van der Waals surface area contributed by atoms with Crippen LogP contribution >= 0.6 is 0 Å². The van der Waals surface area contributed by atoms with Crippen LogP contribution in [-0.4, -0.2) is 28.0 Å². The molecule has 0 fully saturated rings. The Bertz CT molecular complexity index is 1240. The molecule has 3 heterocycles. The van der Waals surface area contributed by atoms with Crippen molar-refractivity contribution < 1.29 is 31.9 Å². The van der Waals surface area contributed by atoms with Crippen molar-refractivity contribution in [1.29, 1.82) is 0 Å². The van der Waals surface area contributed by atoms with E-state index >= 15 is 0 Å². The first kappa shape index (κ1) is 19.1. The molecule has 2 aliphatic heterocycles. The molecular formula is C20H12F4N4O3. The third kappa shape index (κ3) is 2.92. The standard InChI is InChI=1S/C20H12F4N4O3/c21-10-1-6-13-15(7-10)26-18(30)19(13)8-16(29)27-17-14(19)9-25-28(17)11-2-4-12(5-3-11)31-20(22,23)24/h1-7,9H,8H2,(H,26,30)(H,27,29). The average molecular weight is 432 g/mol. The Balaban J connectivity index is 1.61. The van der Waals surface area contributed by atoms with Crippen molar-refractivity contribution in [3.63, 3.8) is 0 Å². The molecule has 0 aliphatic carbocycles. The summed E-state index contributed by atoms with van der Waals surface area (Å²) in [6, 6.07) is 8.72. The molecule has 0 bridgehead atoms. The smallest absolute Gasteiger partial charge is 0.406 e. The number of hydrogen-bond donors (Lipinski definition) is 2. The van der Waals surface area contributed by atoms with Gasteiger partial charge in [0.05, 0.1) is 11.9 Å². The van der Waals surface area contributed by atoms with Gasteiger partial charge in [0.15, 0.2) is 0 Å². The Hall–Kier alpha value is -3.89. The van der Waals surface area contributed by atoms with Crippen LogP contribution in [0.25, 0.3) is 5.69 Å². The van der Waals surface area contributed by atoms with Crippen LogP contribution < -0.4 is 15.4 Å². The predicted molar refractivity (Wildman–Crippen MR) is 99.3 cm³/mol. The highest BCUT2D eigenvalue weighted by Crippen LogP contribution is 2.50. The lowest BCUT2D eigenvalue weighted by Gasteiger charge is -2.31. The molecule has 2 amide bonds. The zero-order valence-corrected chi connectivity index (χ0v) is 15.5. The fraction of sp³-hybridized carbons (Fsp3) is 0.150. The second-order valence-corrected chi connectivity index (χ2v) is 7.13. The molecule has 1 atom stereocenters. The summed E-state index contributed by atoms with van der Waals surface area (Å²) in [6.07, 6.45) is -3.61. The Morgan fingerprint density at radius 2 is 1.77 bits per heavy atom. The maximum Gasteiger partial charge on any atom is 0.573 e. The topological polar surface area (TPSA) is 85.2 Å². The van der Waals surface area contributed by atoms with Crippen LogP contribution in [0.2, 0.25) is 0 Å². The summed E-state index contributed by atoms with van der Waals surface area (Å²) in [5, 5.41) is 9.52. The Morgan fingerprint density at radius 1 is 1.03 bits per heavy atom. The number of nitrogens with zero attached hydrogens (tertiary/aromatic N) is 2. The van der Waals surface area contributed by atoms with Crippen molar-refractivity contribution in [1.82, 2.24) is 9.78 Å². The fourth-order valence-corrected chi connectivity index (χ4v) is 4.06. The van der Waals surface area contributed by atoms with Crippen LogP contribution in [0, 0.1) is 5.82 Å². The molecule has 0 radical (unpaired) electrons. The van der Waals surface area contributed by atoms with Crippen molar-refractivity contribution in [2.24, 2.45) is 0 Å². The van der Waals surface area contributed by atoms with Crippen molar-refractivity contribution in [2.75, 3.05) is 10.6 Å². The number of halogens is 4. The normalized spacial score (nSPS) is 19.6. The highest BCUT2D eigenvalue weighted by Gasteiger charge is 2.54. The summed E-state index contributed by atoms with van der Waals surface area (Å²) in [4.78, 5) is 25.5. The minimum absolute atomic E-state index is 0.200. The first-order valence-electron chi connectivity index (χ1n) is 9.03. The van der Waals surface area contributed by atoms with Crippen LogP contribution in [0.5, 0.6) is 5.75 Å². The van der Waals surface area contributed by atoms with Crippen LogP contribution in [-0.2, 0) is 15.0 Å². The molecule has 1 spiro atoms. The number of rotatable bonds is 2. The molecule has 11 heteroatoms. The van der Waals surface area contributed by atoms with Crippen LogP contribution in [0.15, 0.2) is 48.7 Å². The number of hydrogen-bond acceptors (Lipinski definition) is 4. The van der Waals surface area contributed by atoms with E-state index in [1.165, 1.54) is 41.2 Å². The van der Waals surface area contributed by atoms with Crippen molar-refractivity contribution >= 4 is 23.3 Å². The van der Waals surface area contributed by atoms with Crippen molar-refractivity contribution in [2.45, 2.75) is 18.2 Å². The van der Waals surface area contributed by atoms with E-state index in [1.807, 2.05) is 0 Å². The molecule has 2 aliphatic rings. The van der Waals surface area contributed by atoms with Gasteiger partial charge >= 0.3 is 6.36 Å². The van der Waals surface area contributed by atoms with Crippen LogP contribution in [0.1, 0.15) is 17.5 Å². The summed E-state index contributed by atoms with van der Waals surface area (Å²) in [7, 11) is 0. The molecular weight excluding hydrogens is 420 g/mol. The van der Waals surface area contributed by atoms with Gasteiger partial charge in [0.2, 0.25) is 11.8 Å². The Kier molecular flexibility index (Phi) is 3.88. The minimum atomic E-state index is -4.82. The number of nitrogens with one attached hydrogen (secondary N) is 2. The number of carbonyl (C=O) groups excluding carboxylic acids is 2. The van der Waals surface area contributed by atoms with Gasteiger partial charge in [-0.05, 0) is 42.0 Å². The van der Waals surface area contributed by atoms with Gasteiger partial charge in [-0.2, -0.15) is 5.10 Å². The maximum atomic E-state index is 13.7. The highest BCUT2D eigenvalue weighted by molar-refractivity contribution is 6.14. The predicted octanol–water partition coefficient (Wildman–Crippen LogP) is 3.49. The van der Waals surface area contributed by atoms with Gasteiger partial charge in [-0.3, -0.25) is 9.59 Å². The molecule has 2 aromatic carbocycles. The molecule has 3 aromatic rings. The van der Waals surface area contributed by atoms with E-state index in [1.54, 1.807) is 0 Å². The van der Waals surface area contributed by atoms with E-state index in [4.69, 9.17) is 0 Å². The summed E-state index contributed by atoms with van der Waals surface area (Å²) in [5.41, 5.74) is 0.0603. The molecule has 5 rings (SSSR count). The monoisotopic (exact) mass is 432 g/mol. The molecule has 158 valence electrons. The third-order valence-corrected chi connectivity index (χ3v) is 5.30. The summed E-state index contributed by atoms with van der Waals surface area (Å²) >= 11 is 0. The summed E-state index contributed by atoms with van der Waals surface area (Å²) < 4.78 is 56.0. The Morgan fingerprint density at radius 3 is 2.48 bits per heavy atom. The maximum absolute atomic E-state index is 13.7. The van der Waals surface area contributed by atoms with Gasteiger partial charge in [0, 0.05) is 17.7 Å². The zero-order chi connectivity index (χ0) is 22.0. The van der Waals surface area contributed by atoms with E-state index in [0.29, 0.717) is 16.8 Å². The molecule has 7 nitrogen and oxygen atoms in total. The van der Waals surface area contributed by atoms with Gasteiger partial charge in [0.25, 0.3) is 0 Å². The molecule has 1 aromatic heterocycles. The number of fused-ring (bicyclic) bond motifs is 4. The van der Waals surface area contributed by atoms with E-state index < -0.39 is 35.2 Å². The van der Waals surface area contributed by atoms with Crippen molar-refractivity contribution in [3.8, 4) is 11.4 Å². The van der Waals surface area contributed by atoms with Gasteiger partial charge in [-0.15, -0.1) is 13.2 Å². The minimum Gasteiger partial charge on any atom is -0.406 e.